The molecule has 34 heavy (non-hydrogen) atoms. The van der Waals surface area contributed by atoms with Crippen LogP contribution in [0.5, 0.6) is 0 Å². The Balaban J connectivity index is 1.58. The molecule has 3 aromatic rings. The predicted octanol–water partition coefficient (Wildman–Crippen LogP) is 3.43. The van der Waals surface area contributed by atoms with Gasteiger partial charge in [-0.15, -0.1) is 11.3 Å². The molecular formula is C24H29FN6O2S. The van der Waals surface area contributed by atoms with Crippen LogP contribution in [0.2, 0.25) is 0 Å². The Kier molecular flexibility index (Phi) is 8.94. The molecule has 2 aromatic heterocycles. The number of aromatic nitrogens is 1. The minimum absolute atomic E-state index is 0.196. The van der Waals surface area contributed by atoms with Crippen molar-refractivity contribution in [3.05, 3.63) is 76.0 Å². The number of amides is 3. The van der Waals surface area contributed by atoms with Crippen molar-refractivity contribution in [1.82, 2.24) is 20.1 Å². The smallest absolute Gasteiger partial charge is 0.317 e. The number of nitrogen functional groups attached to an aromatic ring is 1. The van der Waals surface area contributed by atoms with Crippen LogP contribution in [0.4, 0.5) is 20.6 Å². The summed E-state index contributed by atoms with van der Waals surface area (Å²) in [4.78, 5) is 33.2. The molecule has 0 aliphatic carbocycles. The molecule has 0 spiro atoms. The van der Waals surface area contributed by atoms with Gasteiger partial charge in [0.05, 0.1) is 11.4 Å². The first-order chi connectivity index (χ1) is 16.3. The number of carbonyl (C=O) groups is 2. The number of nitrogens with one attached hydrogen (secondary N) is 2. The van der Waals surface area contributed by atoms with Gasteiger partial charge in [-0.1, -0.05) is 18.2 Å². The second-order valence-electron chi connectivity index (χ2n) is 8.08. The monoisotopic (exact) mass is 484 g/mol. The van der Waals surface area contributed by atoms with E-state index in [1.165, 1.54) is 23.5 Å². The maximum Gasteiger partial charge on any atom is 0.317 e. The minimum Gasteiger partial charge on any atom is -0.396 e. The van der Waals surface area contributed by atoms with E-state index in [2.05, 4.69) is 15.6 Å². The molecule has 0 bridgehead atoms. The molecular weight excluding hydrogens is 455 g/mol. The third-order valence-corrected chi connectivity index (χ3v) is 5.84. The van der Waals surface area contributed by atoms with Gasteiger partial charge in [-0.2, -0.15) is 0 Å². The Hall–Kier alpha value is -3.50. The molecule has 3 amide bonds. The molecule has 0 unspecified atom stereocenters. The molecule has 4 N–H and O–H groups in total. The Labute approximate surface area is 202 Å². The topological polar surface area (TPSA) is 104 Å². The number of halogens is 1. The van der Waals surface area contributed by atoms with Crippen LogP contribution in [0.25, 0.3) is 0 Å². The summed E-state index contributed by atoms with van der Waals surface area (Å²) >= 11 is 1.40. The van der Waals surface area contributed by atoms with Crippen LogP contribution in [0.3, 0.4) is 0 Å². The van der Waals surface area contributed by atoms with Gasteiger partial charge in [-0.05, 0) is 49.8 Å². The normalized spacial score (nSPS) is 10.8. The van der Waals surface area contributed by atoms with E-state index >= 15 is 0 Å². The van der Waals surface area contributed by atoms with Crippen molar-refractivity contribution in [3.8, 4) is 0 Å². The highest BCUT2D eigenvalue weighted by atomic mass is 32.1. The number of hydrogen-bond donors (Lipinski definition) is 3. The van der Waals surface area contributed by atoms with Gasteiger partial charge >= 0.3 is 6.03 Å². The van der Waals surface area contributed by atoms with E-state index < -0.39 is 0 Å². The van der Waals surface area contributed by atoms with E-state index in [1.807, 2.05) is 19.0 Å². The van der Waals surface area contributed by atoms with Crippen molar-refractivity contribution in [3.63, 3.8) is 0 Å². The Morgan fingerprint density at radius 1 is 1.06 bits per heavy atom. The lowest BCUT2D eigenvalue weighted by atomic mass is 10.1. The zero-order valence-corrected chi connectivity index (χ0v) is 20.1. The standard InChI is InChI=1S/C24H29FN6O2S/c1-30(2)11-12-31(24(33)27-10-9-17-3-6-19(25)7-4-17)14-18-5-8-21(28-13-18)23(32)29-22-16-34-15-20(22)26/h3-8,13,15-16H,9-12,14,26H2,1-2H3,(H,27,33)(H,29,32). The third kappa shape index (κ3) is 7.53. The summed E-state index contributed by atoms with van der Waals surface area (Å²) in [5.41, 5.74) is 8.90. The average Bonchev–Trinajstić information content (AvgIpc) is 3.22. The number of hydrogen-bond acceptors (Lipinski definition) is 6. The van der Waals surface area contributed by atoms with Gasteiger partial charge in [0.15, 0.2) is 0 Å². The van der Waals surface area contributed by atoms with Crippen LogP contribution in [-0.2, 0) is 13.0 Å². The first-order valence-corrected chi connectivity index (χ1v) is 11.8. The second kappa shape index (κ2) is 12.1. The maximum atomic E-state index is 13.1. The largest absolute Gasteiger partial charge is 0.396 e. The van der Waals surface area contributed by atoms with Crippen LogP contribution < -0.4 is 16.4 Å². The lowest BCUT2D eigenvalue weighted by molar-refractivity contribution is 0.102. The summed E-state index contributed by atoms with van der Waals surface area (Å²) in [6.45, 7) is 2.00. The van der Waals surface area contributed by atoms with Gasteiger partial charge in [0.2, 0.25) is 0 Å². The molecule has 0 saturated carbocycles. The highest BCUT2D eigenvalue weighted by Gasteiger charge is 2.15. The SMILES string of the molecule is CN(C)CCN(Cc1ccc(C(=O)Nc2cscc2N)nc1)C(=O)NCCc1ccc(F)cc1. The molecule has 2 heterocycles. The molecule has 0 aliphatic rings. The van der Waals surface area contributed by atoms with E-state index in [-0.39, 0.29) is 23.4 Å². The first-order valence-electron chi connectivity index (χ1n) is 10.8. The van der Waals surface area contributed by atoms with E-state index in [0.717, 1.165) is 11.1 Å². The molecule has 8 nitrogen and oxygen atoms in total. The molecule has 1 aromatic carbocycles. The minimum atomic E-state index is -0.348. The molecule has 0 atom stereocenters. The zero-order valence-electron chi connectivity index (χ0n) is 19.3. The van der Waals surface area contributed by atoms with Crippen molar-refractivity contribution in [2.24, 2.45) is 0 Å². The van der Waals surface area contributed by atoms with E-state index in [9.17, 15) is 14.0 Å². The zero-order chi connectivity index (χ0) is 24.5. The number of likely N-dealkylation sites (N-methyl/N-ethyl adjacent to an activating group) is 1. The summed E-state index contributed by atoms with van der Waals surface area (Å²) < 4.78 is 13.1. The summed E-state index contributed by atoms with van der Waals surface area (Å²) in [5, 5.41) is 9.18. The van der Waals surface area contributed by atoms with Crippen LogP contribution in [0, 0.1) is 5.82 Å². The molecule has 0 saturated heterocycles. The lowest BCUT2D eigenvalue weighted by Crippen LogP contribution is -2.43. The number of carbonyl (C=O) groups excluding carboxylic acids is 2. The van der Waals surface area contributed by atoms with Gasteiger partial charge in [0, 0.05) is 43.1 Å². The van der Waals surface area contributed by atoms with Crippen molar-refractivity contribution in [1.29, 1.82) is 0 Å². The Bertz CT molecular complexity index is 1090. The summed E-state index contributed by atoms with van der Waals surface area (Å²) in [6.07, 6.45) is 2.20. The van der Waals surface area contributed by atoms with Crippen LogP contribution >= 0.6 is 11.3 Å². The number of thiophene rings is 1. The van der Waals surface area contributed by atoms with E-state index in [1.54, 1.807) is 46.1 Å². The van der Waals surface area contributed by atoms with Gasteiger partial charge in [-0.25, -0.2) is 9.18 Å². The highest BCUT2D eigenvalue weighted by Crippen LogP contribution is 2.23. The number of benzene rings is 1. The Morgan fingerprint density at radius 2 is 1.79 bits per heavy atom. The van der Waals surface area contributed by atoms with Crippen molar-refractivity contribution in [2.75, 3.05) is 44.8 Å². The van der Waals surface area contributed by atoms with Crippen LogP contribution in [0.15, 0.2) is 53.4 Å². The maximum absolute atomic E-state index is 13.1. The van der Waals surface area contributed by atoms with Crippen molar-refractivity contribution >= 4 is 34.6 Å². The number of nitrogens with zero attached hydrogens (tertiary/aromatic N) is 3. The quantitative estimate of drug-likeness (QED) is 0.409. The van der Waals surface area contributed by atoms with E-state index in [4.69, 9.17) is 5.73 Å². The summed E-state index contributed by atoms with van der Waals surface area (Å²) in [5.74, 6) is -0.630. The number of anilines is 2. The summed E-state index contributed by atoms with van der Waals surface area (Å²) in [6, 6.07) is 9.46. The number of nitrogens with two attached hydrogens (primary N) is 1. The van der Waals surface area contributed by atoms with Gasteiger partial charge in [-0.3, -0.25) is 9.78 Å². The molecule has 10 heteroatoms. The van der Waals surface area contributed by atoms with Crippen LogP contribution in [-0.4, -0.2) is 60.5 Å². The number of pyridine rings is 1. The second-order valence-corrected chi connectivity index (χ2v) is 8.82. The van der Waals surface area contributed by atoms with Gasteiger partial charge in [0.1, 0.15) is 11.5 Å². The lowest BCUT2D eigenvalue weighted by Gasteiger charge is -2.25. The predicted molar refractivity (Wildman–Crippen MR) is 133 cm³/mol. The fraction of sp³-hybridized carbons (Fsp3) is 0.292. The third-order valence-electron chi connectivity index (χ3n) is 5.08. The fourth-order valence-corrected chi connectivity index (χ4v) is 3.79. The van der Waals surface area contributed by atoms with Gasteiger partial charge < -0.3 is 26.2 Å². The number of rotatable bonds is 10. The van der Waals surface area contributed by atoms with Crippen LogP contribution in [0.1, 0.15) is 21.6 Å². The molecule has 0 aliphatic heterocycles. The highest BCUT2D eigenvalue weighted by molar-refractivity contribution is 7.09. The molecule has 0 fully saturated rings. The molecule has 180 valence electrons. The Morgan fingerprint density at radius 3 is 2.41 bits per heavy atom. The summed E-state index contributed by atoms with van der Waals surface area (Å²) in [7, 11) is 3.89. The average molecular weight is 485 g/mol. The molecule has 3 rings (SSSR count). The number of urea groups is 1. The van der Waals surface area contributed by atoms with E-state index in [0.29, 0.717) is 44.0 Å². The van der Waals surface area contributed by atoms with Gasteiger partial charge in [0.25, 0.3) is 5.91 Å². The van der Waals surface area contributed by atoms with Crippen molar-refractivity contribution < 1.29 is 14.0 Å². The van der Waals surface area contributed by atoms with Crippen molar-refractivity contribution in [2.45, 2.75) is 13.0 Å². The fourth-order valence-electron chi connectivity index (χ4n) is 3.12. The first kappa shape index (κ1) is 25.1. The molecule has 0 radical (unpaired) electrons.